The molecule has 2 aliphatic rings. The molecule has 0 saturated heterocycles. The van der Waals surface area contributed by atoms with Crippen LogP contribution >= 0.6 is 11.6 Å². The molecule has 1 N–H and O–H groups in total. The van der Waals surface area contributed by atoms with E-state index >= 15 is 0 Å². The van der Waals surface area contributed by atoms with Crippen molar-refractivity contribution in [3.63, 3.8) is 0 Å². The van der Waals surface area contributed by atoms with Gasteiger partial charge in [-0.1, -0.05) is 48.0 Å². The lowest BCUT2D eigenvalue weighted by Crippen LogP contribution is -2.35. The largest absolute Gasteiger partial charge is 0.359 e. The summed E-state index contributed by atoms with van der Waals surface area (Å²) in [5, 5.41) is 3.85. The summed E-state index contributed by atoms with van der Waals surface area (Å²) >= 11 is 6.15. The van der Waals surface area contributed by atoms with E-state index in [1.165, 1.54) is 0 Å². The van der Waals surface area contributed by atoms with Crippen LogP contribution < -0.4 is 5.32 Å². The number of hydrogen-bond donors (Lipinski definition) is 1. The number of benzene rings is 1. The van der Waals surface area contributed by atoms with Crippen molar-refractivity contribution < 1.29 is 4.79 Å². The van der Waals surface area contributed by atoms with Crippen LogP contribution in [0.2, 0.25) is 0 Å². The van der Waals surface area contributed by atoms with Crippen LogP contribution in [0.1, 0.15) is 5.56 Å². The second-order valence-corrected chi connectivity index (χ2v) is 4.46. The summed E-state index contributed by atoms with van der Waals surface area (Å²) in [6, 6.07) is 9.75. The molecule has 4 heteroatoms. The van der Waals surface area contributed by atoms with Gasteiger partial charge in [-0.3, -0.25) is 4.79 Å². The van der Waals surface area contributed by atoms with Crippen LogP contribution in [-0.2, 0) is 4.79 Å². The van der Waals surface area contributed by atoms with E-state index in [2.05, 4.69) is 5.32 Å². The molecule has 0 aliphatic carbocycles. The molecule has 3 nitrogen and oxygen atoms in total. The predicted molar refractivity (Wildman–Crippen MR) is 71.3 cm³/mol. The first-order valence-electron chi connectivity index (χ1n) is 5.66. The SMILES string of the molecule is O=CC1=C(c2ccccc2)NC2C=CC=C(Cl)N12. The highest BCUT2D eigenvalue weighted by molar-refractivity contribution is 6.30. The van der Waals surface area contributed by atoms with Crippen LogP contribution in [0.25, 0.3) is 5.70 Å². The Hall–Kier alpha value is -2.00. The summed E-state index contributed by atoms with van der Waals surface area (Å²) in [6.45, 7) is 0. The van der Waals surface area contributed by atoms with Crippen molar-refractivity contribution in [2.24, 2.45) is 0 Å². The second-order valence-electron chi connectivity index (χ2n) is 4.08. The quantitative estimate of drug-likeness (QED) is 0.653. The number of aldehydes is 1. The minimum Gasteiger partial charge on any atom is -0.359 e. The van der Waals surface area contributed by atoms with Gasteiger partial charge in [-0.25, -0.2) is 0 Å². The highest BCUT2D eigenvalue weighted by Crippen LogP contribution is 2.33. The molecule has 3 rings (SSSR count). The number of fused-ring (bicyclic) bond motifs is 1. The van der Waals surface area contributed by atoms with E-state index < -0.39 is 0 Å². The van der Waals surface area contributed by atoms with Crippen molar-refractivity contribution in [2.45, 2.75) is 6.17 Å². The molecule has 0 aromatic heterocycles. The third kappa shape index (κ3) is 1.64. The number of allylic oxidation sites excluding steroid dienone is 3. The fraction of sp³-hybridized carbons (Fsp3) is 0.0714. The first-order valence-corrected chi connectivity index (χ1v) is 6.03. The number of halogens is 1. The van der Waals surface area contributed by atoms with Crippen molar-refractivity contribution in [3.8, 4) is 0 Å². The van der Waals surface area contributed by atoms with E-state index in [0.29, 0.717) is 10.9 Å². The van der Waals surface area contributed by atoms with Crippen LogP contribution in [0.5, 0.6) is 0 Å². The lowest BCUT2D eigenvalue weighted by atomic mass is 10.1. The predicted octanol–water partition coefficient (Wildman–Crippen LogP) is 2.44. The number of nitrogens with zero attached hydrogens (tertiary/aromatic N) is 1. The van der Waals surface area contributed by atoms with Crippen LogP contribution in [-0.4, -0.2) is 17.4 Å². The Morgan fingerprint density at radius 1 is 1.28 bits per heavy atom. The number of rotatable bonds is 2. The Kier molecular flexibility index (Phi) is 2.68. The van der Waals surface area contributed by atoms with Gasteiger partial charge in [0.2, 0.25) is 0 Å². The third-order valence-electron chi connectivity index (χ3n) is 3.02. The molecule has 0 saturated carbocycles. The van der Waals surface area contributed by atoms with Gasteiger partial charge in [0.1, 0.15) is 17.0 Å². The van der Waals surface area contributed by atoms with Gasteiger partial charge in [-0.15, -0.1) is 0 Å². The van der Waals surface area contributed by atoms with E-state index in [1.807, 2.05) is 42.5 Å². The minimum absolute atomic E-state index is 0.0853. The van der Waals surface area contributed by atoms with Crippen LogP contribution in [0.4, 0.5) is 0 Å². The molecule has 0 amide bonds. The van der Waals surface area contributed by atoms with E-state index in [-0.39, 0.29) is 6.17 Å². The molecule has 1 aromatic carbocycles. The Labute approximate surface area is 110 Å². The highest BCUT2D eigenvalue weighted by Gasteiger charge is 2.33. The van der Waals surface area contributed by atoms with Gasteiger partial charge in [0, 0.05) is 0 Å². The second kappa shape index (κ2) is 4.35. The van der Waals surface area contributed by atoms with Gasteiger partial charge < -0.3 is 10.2 Å². The number of carbonyl (C=O) groups is 1. The maximum absolute atomic E-state index is 11.3. The van der Waals surface area contributed by atoms with E-state index in [4.69, 9.17) is 11.6 Å². The van der Waals surface area contributed by atoms with Crippen LogP contribution in [0.3, 0.4) is 0 Å². The molecule has 0 bridgehead atoms. The Balaban J connectivity index is 2.09. The first kappa shape index (κ1) is 11.1. The Morgan fingerprint density at radius 3 is 2.78 bits per heavy atom. The molecular weight excluding hydrogens is 248 g/mol. The molecule has 1 unspecified atom stereocenters. The third-order valence-corrected chi connectivity index (χ3v) is 3.33. The van der Waals surface area contributed by atoms with Crippen molar-refractivity contribution in [1.82, 2.24) is 10.2 Å². The van der Waals surface area contributed by atoms with Crippen molar-refractivity contribution in [1.29, 1.82) is 0 Å². The number of carbonyl (C=O) groups excluding carboxylic acids is 1. The zero-order valence-corrected chi connectivity index (χ0v) is 10.3. The molecule has 2 heterocycles. The van der Waals surface area contributed by atoms with E-state index in [9.17, 15) is 4.79 Å². The standard InChI is InChI=1S/C14H11ClN2O/c15-12-7-4-8-13-16-14(11(9-18)17(12)13)10-5-2-1-3-6-10/h1-9,13,16H. The molecule has 90 valence electrons. The van der Waals surface area contributed by atoms with Gasteiger partial charge in [0.15, 0.2) is 6.29 Å². The average Bonchev–Trinajstić information content (AvgIpc) is 2.79. The molecule has 2 aliphatic heterocycles. The maximum atomic E-state index is 11.3. The molecule has 0 spiro atoms. The highest BCUT2D eigenvalue weighted by atomic mass is 35.5. The summed E-state index contributed by atoms with van der Waals surface area (Å²) in [4.78, 5) is 13.1. The zero-order chi connectivity index (χ0) is 12.5. The maximum Gasteiger partial charge on any atom is 0.168 e. The van der Waals surface area contributed by atoms with Crippen molar-refractivity contribution >= 4 is 23.6 Å². The smallest absolute Gasteiger partial charge is 0.168 e. The lowest BCUT2D eigenvalue weighted by Gasteiger charge is -2.26. The summed E-state index contributed by atoms with van der Waals surface area (Å²) in [5.41, 5.74) is 2.36. The topological polar surface area (TPSA) is 32.3 Å². The van der Waals surface area contributed by atoms with Crippen molar-refractivity contribution in [2.75, 3.05) is 0 Å². The van der Waals surface area contributed by atoms with Gasteiger partial charge in [0.25, 0.3) is 0 Å². The number of hydrogen-bond acceptors (Lipinski definition) is 3. The molecule has 1 aromatic rings. The first-order chi connectivity index (χ1) is 8.81. The fourth-order valence-corrected chi connectivity index (χ4v) is 2.48. The lowest BCUT2D eigenvalue weighted by molar-refractivity contribution is -0.105. The van der Waals surface area contributed by atoms with Crippen molar-refractivity contribution in [3.05, 3.63) is 65.0 Å². The zero-order valence-electron chi connectivity index (χ0n) is 9.51. The molecule has 1 atom stereocenters. The fourth-order valence-electron chi connectivity index (χ4n) is 2.21. The van der Waals surface area contributed by atoms with Gasteiger partial charge in [0.05, 0.1) is 5.70 Å². The van der Waals surface area contributed by atoms with Gasteiger partial charge in [-0.05, 0) is 17.7 Å². The normalized spacial score (nSPS) is 21.5. The Morgan fingerprint density at radius 2 is 2.06 bits per heavy atom. The summed E-state index contributed by atoms with van der Waals surface area (Å²) in [5.74, 6) is 0. The van der Waals surface area contributed by atoms with Gasteiger partial charge in [-0.2, -0.15) is 0 Å². The Bertz CT molecular complexity index is 575. The monoisotopic (exact) mass is 258 g/mol. The van der Waals surface area contributed by atoms with Crippen LogP contribution in [0, 0.1) is 0 Å². The minimum atomic E-state index is -0.0853. The molecule has 0 fully saturated rings. The average molecular weight is 259 g/mol. The summed E-state index contributed by atoms with van der Waals surface area (Å²) in [7, 11) is 0. The summed E-state index contributed by atoms with van der Waals surface area (Å²) in [6.07, 6.45) is 6.37. The van der Waals surface area contributed by atoms with Crippen LogP contribution in [0.15, 0.2) is 59.4 Å². The molecular formula is C14H11ClN2O. The molecule has 0 radical (unpaired) electrons. The molecule has 18 heavy (non-hydrogen) atoms. The van der Waals surface area contributed by atoms with E-state index in [1.54, 1.807) is 11.0 Å². The summed E-state index contributed by atoms with van der Waals surface area (Å²) < 4.78 is 0. The van der Waals surface area contributed by atoms with Gasteiger partial charge >= 0.3 is 0 Å². The van der Waals surface area contributed by atoms with E-state index in [0.717, 1.165) is 17.5 Å². The number of nitrogens with one attached hydrogen (secondary N) is 1.